The number of nitrogens with zero attached hydrogens (tertiary/aromatic N) is 1. The molecule has 82 valence electrons. The summed E-state index contributed by atoms with van der Waals surface area (Å²) in [4.78, 5) is 13.0. The number of nitrogens with one attached hydrogen (secondary N) is 1. The summed E-state index contributed by atoms with van der Waals surface area (Å²) in [6.07, 6.45) is 0.922. The highest BCUT2D eigenvalue weighted by atomic mass is 16.5. The molecule has 1 heterocycles. The summed E-state index contributed by atoms with van der Waals surface area (Å²) in [5, 5.41) is 11.1. The number of hydrogen-bond donors (Lipinski definition) is 2. The molecule has 1 aliphatic heterocycles. The van der Waals surface area contributed by atoms with Crippen molar-refractivity contribution in [2.75, 3.05) is 46.0 Å². The molecular weight excluding hydrogens is 184 g/mol. The maximum Gasteiger partial charge on any atom is 0.245 e. The minimum atomic E-state index is -0.419. The Morgan fingerprint density at radius 3 is 2.79 bits per heavy atom. The van der Waals surface area contributed by atoms with E-state index in [0.717, 1.165) is 39.3 Å². The third-order valence-electron chi connectivity index (χ3n) is 2.22. The van der Waals surface area contributed by atoms with E-state index in [-0.39, 0.29) is 5.91 Å². The van der Waals surface area contributed by atoms with Gasteiger partial charge in [-0.15, -0.1) is 0 Å². The molecule has 0 bridgehead atoms. The van der Waals surface area contributed by atoms with Gasteiger partial charge < -0.3 is 15.2 Å². The number of aliphatic hydroxyl groups is 1. The second-order valence-corrected chi connectivity index (χ2v) is 3.32. The van der Waals surface area contributed by atoms with Crippen LogP contribution in [0.25, 0.3) is 0 Å². The van der Waals surface area contributed by atoms with Crippen LogP contribution in [0.2, 0.25) is 0 Å². The van der Waals surface area contributed by atoms with E-state index in [1.54, 1.807) is 0 Å². The number of hydrogen-bond acceptors (Lipinski definition) is 4. The van der Waals surface area contributed by atoms with Crippen molar-refractivity contribution in [1.29, 1.82) is 0 Å². The smallest absolute Gasteiger partial charge is 0.245 e. The number of carbonyl (C=O) groups is 1. The molecule has 0 atom stereocenters. The minimum absolute atomic E-state index is 0.299. The number of carbonyl (C=O) groups excluding carboxylic acids is 1. The second-order valence-electron chi connectivity index (χ2n) is 3.32. The van der Waals surface area contributed by atoms with Crippen LogP contribution in [-0.4, -0.2) is 61.9 Å². The summed E-state index contributed by atoms with van der Waals surface area (Å²) >= 11 is 0. The van der Waals surface area contributed by atoms with E-state index in [0.29, 0.717) is 6.54 Å². The van der Waals surface area contributed by atoms with Crippen molar-refractivity contribution < 1.29 is 14.6 Å². The molecule has 0 aromatic rings. The molecule has 0 spiro atoms. The molecule has 5 nitrogen and oxygen atoms in total. The van der Waals surface area contributed by atoms with Crippen LogP contribution in [0.3, 0.4) is 0 Å². The van der Waals surface area contributed by atoms with Crippen LogP contribution in [-0.2, 0) is 9.53 Å². The number of rotatable bonds is 5. The van der Waals surface area contributed by atoms with E-state index in [9.17, 15) is 4.79 Å². The average molecular weight is 202 g/mol. The highest BCUT2D eigenvalue weighted by Crippen LogP contribution is 1.96. The molecule has 1 amide bonds. The standard InChI is InChI=1S/C9H18N2O3/c12-8-9(13)10-2-1-3-11-4-6-14-7-5-11/h12H,1-8H2,(H,10,13). The van der Waals surface area contributed by atoms with E-state index in [1.807, 2.05) is 0 Å². The summed E-state index contributed by atoms with van der Waals surface area (Å²) in [7, 11) is 0. The molecule has 14 heavy (non-hydrogen) atoms. The quantitative estimate of drug-likeness (QED) is 0.551. The zero-order valence-electron chi connectivity index (χ0n) is 8.37. The van der Waals surface area contributed by atoms with Gasteiger partial charge in [0, 0.05) is 19.6 Å². The van der Waals surface area contributed by atoms with Crippen molar-refractivity contribution in [3.63, 3.8) is 0 Å². The molecule has 0 saturated carbocycles. The first kappa shape index (κ1) is 11.4. The predicted octanol–water partition coefficient (Wildman–Crippen LogP) is -1.18. The van der Waals surface area contributed by atoms with E-state index >= 15 is 0 Å². The first-order valence-electron chi connectivity index (χ1n) is 5.00. The van der Waals surface area contributed by atoms with Gasteiger partial charge in [0.1, 0.15) is 6.61 Å². The highest BCUT2D eigenvalue weighted by Gasteiger charge is 2.09. The highest BCUT2D eigenvalue weighted by molar-refractivity contribution is 5.76. The van der Waals surface area contributed by atoms with Crippen LogP contribution in [0, 0.1) is 0 Å². The van der Waals surface area contributed by atoms with Gasteiger partial charge in [0.2, 0.25) is 5.91 Å². The van der Waals surface area contributed by atoms with E-state index in [4.69, 9.17) is 9.84 Å². The molecular formula is C9H18N2O3. The lowest BCUT2D eigenvalue weighted by Crippen LogP contribution is -2.38. The lowest BCUT2D eigenvalue weighted by molar-refractivity contribution is -0.123. The zero-order chi connectivity index (χ0) is 10.2. The Balaban J connectivity index is 1.94. The molecule has 2 N–H and O–H groups in total. The van der Waals surface area contributed by atoms with Gasteiger partial charge in [0.25, 0.3) is 0 Å². The van der Waals surface area contributed by atoms with Crippen molar-refractivity contribution in [3.8, 4) is 0 Å². The Bertz CT molecular complexity index is 169. The maximum absolute atomic E-state index is 10.7. The summed E-state index contributed by atoms with van der Waals surface area (Å²) in [5.41, 5.74) is 0. The maximum atomic E-state index is 10.7. The minimum Gasteiger partial charge on any atom is -0.387 e. The van der Waals surface area contributed by atoms with Crippen LogP contribution in [0.4, 0.5) is 0 Å². The molecule has 0 aliphatic carbocycles. The molecule has 1 rings (SSSR count). The zero-order valence-corrected chi connectivity index (χ0v) is 8.37. The van der Waals surface area contributed by atoms with Gasteiger partial charge in [-0.05, 0) is 13.0 Å². The van der Waals surface area contributed by atoms with E-state index in [2.05, 4.69) is 10.2 Å². The first-order chi connectivity index (χ1) is 6.83. The first-order valence-corrected chi connectivity index (χ1v) is 5.00. The second kappa shape index (κ2) is 6.75. The van der Waals surface area contributed by atoms with Gasteiger partial charge in [-0.25, -0.2) is 0 Å². The van der Waals surface area contributed by atoms with Gasteiger partial charge in [0.15, 0.2) is 0 Å². The largest absolute Gasteiger partial charge is 0.387 e. The summed E-state index contributed by atoms with van der Waals surface area (Å²) in [5.74, 6) is -0.299. The number of morpholine rings is 1. The van der Waals surface area contributed by atoms with Crippen LogP contribution < -0.4 is 5.32 Å². The van der Waals surface area contributed by atoms with Crippen LogP contribution in [0.1, 0.15) is 6.42 Å². The Morgan fingerprint density at radius 2 is 2.14 bits per heavy atom. The lowest BCUT2D eigenvalue weighted by atomic mass is 10.3. The Kier molecular flexibility index (Phi) is 5.51. The average Bonchev–Trinajstić information content (AvgIpc) is 2.25. The van der Waals surface area contributed by atoms with Gasteiger partial charge in [0.05, 0.1) is 13.2 Å². The van der Waals surface area contributed by atoms with E-state index in [1.165, 1.54) is 0 Å². The molecule has 5 heteroatoms. The van der Waals surface area contributed by atoms with Crippen LogP contribution in [0.15, 0.2) is 0 Å². The fourth-order valence-corrected chi connectivity index (χ4v) is 1.41. The topological polar surface area (TPSA) is 61.8 Å². The predicted molar refractivity (Wildman–Crippen MR) is 52.0 cm³/mol. The molecule has 1 aliphatic rings. The number of aliphatic hydroxyl groups excluding tert-OH is 1. The van der Waals surface area contributed by atoms with Gasteiger partial charge in [-0.3, -0.25) is 9.69 Å². The van der Waals surface area contributed by atoms with Crippen molar-refractivity contribution in [3.05, 3.63) is 0 Å². The number of amides is 1. The third kappa shape index (κ3) is 4.55. The van der Waals surface area contributed by atoms with Crippen molar-refractivity contribution in [1.82, 2.24) is 10.2 Å². The third-order valence-corrected chi connectivity index (χ3v) is 2.22. The van der Waals surface area contributed by atoms with Crippen molar-refractivity contribution >= 4 is 5.91 Å². The SMILES string of the molecule is O=C(CO)NCCCN1CCOCC1. The molecule has 0 unspecified atom stereocenters. The van der Waals surface area contributed by atoms with E-state index < -0.39 is 6.61 Å². The molecule has 1 fully saturated rings. The van der Waals surface area contributed by atoms with Gasteiger partial charge in [-0.2, -0.15) is 0 Å². The monoisotopic (exact) mass is 202 g/mol. The molecule has 0 aromatic heterocycles. The summed E-state index contributed by atoms with van der Waals surface area (Å²) in [6, 6.07) is 0. The van der Waals surface area contributed by atoms with Crippen LogP contribution in [0.5, 0.6) is 0 Å². The van der Waals surface area contributed by atoms with Crippen molar-refractivity contribution in [2.45, 2.75) is 6.42 Å². The van der Waals surface area contributed by atoms with Gasteiger partial charge >= 0.3 is 0 Å². The van der Waals surface area contributed by atoms with Crippen LogP contribution >= 0.6 is 0 Å². The Hall–Kier alpha value is -0.650. The fourth-order valence-electron chi connectivity index (χ4n) is 1.41. The Morgan fingerprint density at radius 1 is 1.43 bits per heavy atom. The lowest BCUT2D eigenvalue weighted by Gasteiger charge is -2.26. The molecule has 1 saturated heterocycles. The number of ether oxygens (including phenoxy) is 1. The Labute approximate surface area is 84.0 Å². The van der Waals surface area contributed by atoms with Crippen molar-refractivity contribution in [2.24, 2.45) is 0 Å². The molecule has 0 aromatic carbocycles. The fraction of sp³-hybridized carbons (Fsp3) is 0.889. The summed E-state index contributed by atoms with van der Waals surface area (Å²) < 4.78 is 5.22. The normalized spacial score (nSPS) is 18.1. The summed E-state index contributed by atoms with van der Waals surface area (Å²) in [6.45, 7) is 4.78. The van der Waals surface area contributed by atoms with Gasteiger partial charge in [-0.1, -0.05) is 0 Å². The molecule has 0 radical (unpaired) electrons.